The van der Waals surface area contributed by atoms with Gasteiger partial charge in [-0.1, -0.05) is 17.7 Å². The second kappa shape index (κ2) is 5.70. The van der Waals surface area contributed by atoms with Gasteiger partial charge in [0.15, 0.2) is 4.67 Å². The van der Waals surface area contributed by atoms with Gasteiger partial charge in [-0.3, -0.25) is 4.72 Å². The summed E-state index contributed by atoms with van der Waals surface area (Å²) in [6, 6.07) is 5.67. The van der Waals surface area contributed by atoms with Crippen LogP contribution in [0, 0.1) is 6.92 Å². The first-order valence-electron chi connectivity index (χ1n) is 5.52. The van der Waals surface area contributed by atoms with E-state index in [2.05, 4.69) is 20.7 Å². The van der Waals surface area contributed by atoms with Crippen LogP contribution in [-0.2, 0) is 10.0 Å². The smallest absolute Gasteiger partial charge is 0.371 e. The molecular formula is C12H9BrClNO5S. The lowest BCUT2D eigenvalue weighted by atomic mass is 10.2. The Hall–Kier alpha value is -1.51. The molecule has 2 N–H and O–H groups in total. The number of rotatable bonds is 4. The van der Waals surface area contributed by atoms with Gasteiger partial charge in [-0.2, -0.15) is 0 Å². The average Bonchev–Trinajstić information content (AvgIpc) is 2.77. The highest BCUT2D eigenvalue weighted by Gasteiger charge is 2.25. The fourth-order valence-electron chi connectivity index (χ4n) is 1.54. The minimum atomic E-state index is -4.01. The molecule has 1 aromatic heterocycles. The van der Waals surface area contributed by atoms with Gasteiger partial charge in [0.2, 0.25) is 5.76 Å². The van der Waals surface area contributed by atoms with E-state index in [0.717, 1.165) is 6.07 Å². The molecule has 0 aliphatic heterocycles. The molecule has 1 aromatic carbocycles. The SMILES string of the molecule is Cc1ccc(Cl)cc1NS(=O)(=O)c1cc(C(=O)O)oc1Br. The molecule has 6 nitrogen and oxygen atoms in total. The summed E-state index contributed by atoms with van der Waals surface area (Å²) in [5.41, 5.74) is 0.966. The molecule has 0 unspecified atom stereocenters. The van der Waals surface area contributed by atoms with Gasteiger partial charge in [0, 0.05) is 11.1 Å². The number of anilines is 1. The topological polar surface area (TPSA) is 96.6 Å². The molecule has 0 fully saturated rings. The predicted molar refractivity (Wildman–Crippen MR) is 80.4 cm³/mol. The molecule has 0 amide bonds. The van der Waals surface area contributed by atoms with Crippen molar-refractivity contribution in [1.29, 1.82) is 0 Å². The summed E-state index contributed by atoms with van der Waals surface area (Å²) in [5, 5.41) is 9.18. The van der Waals surface area contributed by atoms with Crippen molar-refractivity contribution in [3.8, 4) is 0 Å². The largest absolute Gasteiger partial charge is 0.475 e. The van der Waals surface area contributed by atoms with Crippen LogP contribution in [0.2, 0.25) is 5.02 Å². The Labute approximate surface area is 133 Å². The van der Waals surface area contributed by atoms with Crippen LogP contribution in [0.3, 0.4) is 0 Å². The number of aryl methyl sites for hydroxylation is 1. The van der Waals surface area contributed by atoms with E-state index in [9.17, 15) is 13.2 Å². The molecule has 21 heavy (non-hydrogen) atoms. The van der Waals surface area contributed by atoms with Crippen molar-refractivity contribution in [2.45, 2.75) is 11.8 Å². The first kappa shape index (κ1) is 15.9. The Morgan fingerprint density at radius 2 is 2.05 bits per heavy atom. The minimum absolute atomic E-state index is 0.188. The van der Waals surface area contributed by atoms with E-state index in [4.69, 9.17) is 21.1 Å². The molecular weight excluding hydrogens is 386 g/mol. The van der Waals surface area contributed by atoms with Gasteiger partial charge < -0.3 is 9.52 Å². The molecule has 0 atom stereocenters. The van der Waals surface area contributed by atoms with E-state index in [-0.39, 0.29) is 9.56 Å². The number of carboxylic acid groups (broad SMARTS) is 1. The lowest BCUT2D eigenvalue weighted by Crippen LogP contribution is -2.13. The van der Waals surface area contributed by atoms with Gasteiger partial charge in [0.1, 0.15) is 4.90 Å². The summed E-state index contributed by atoms with van der Waals surface area (Å²) in [6.07, 6.45) is 0. The number of halogens is 2. The van der Waals surface area contributed by atoms with Crippen molar-refractivity contribution in [1.82, 2.24) is 0 Å². The Morgan fingerprint density at radius 1 is 1.38 bits per heavy atom. The number of carbonyl (C=O) groups is 1. The molecule has 112 valence electrons. The predicted octanol–water partition coefficient (Wildman–Crippen LogP) is 3.50. The standard InChI is InChI=1S/C12H9BrClNO5S/c1-6-2-3-7(14)4-8(6)15-21(18,19)10-5-9(12(16)17)20-11(10)13/h2-5,15H,1H3,(H,16,17). The van der Waals surface area contributed by atoms with E-state index in [1.165, 1.54) is 6.07 Å². The van der Waals surface area contributed by atoms with Crippen molar-refractivity contribution in [3.63, 3.8) is 0 Å². The summed E-state index contributed by atoms with van der Waals surface area (Å²) in [4.78, 5) is 10.5. The number of hydrogen-bond acceptors (Lipinski definition) is 4. The van der Waals surface area contributed by atoms with Crippen molar-refractivity contribution in [2.75, 3.05) is 4.72 Å². The van der Waals surface area contributed by atoms with E-state index in [0.29, 0.717) is 16.3 Å². The molecule has 9 heteroatoms. The summed E-state index contributed by atoms with van der Waals surface area (Å²) in [6.45, 7) is 1.71. The minimum Gasteiger partial charge on any atom is -0.475 e. The second-order valence-corrected chi connectivity index (χ2v) is 6.93. The Balaban J connectivity index is 2.43. The molecule has 0 aliphatic rings. The van der Waals surface area contributed by atoms with Crippen LogP contribution in [0.4, 0.5) is 5.69 Å². The van der Waals surface area contributed by atoms with Gasteiger partial charge in [-0.15, -0.1) is 0 Å². The molecule has 0 aliphatic carbocycles. The van der Waals surface area contributed by atoms with Crippen LogP contribution < -0.4 is 4.72 Å². The molecule has 0 saturated carbocycles. The van der Waals surface area contributed by atoms with Crippen molar-refractivity contribution in [3.05, 3.63) is 45.3 Å². The highest BCUT2D eigenvalue weighted by molar-refractivity contribution is 9.10. The maximum Gasteiger partial charge on any atom is 0.371 e. The fraction of sp³-hybridized carbons (Fsp3) is 0.0833. The molecule has 1 heterocycles. The molecule has 0 saturated heterocycles. The zero-order valence-electron chi connectivity index (χ0n) is 10.6. The van der Waals surface area contributed by atoms with E-state index < -0.39 is 21.8 Å². The first-order chi connectivity index (χ1) is 9.70. The molecule has 2 aromatic rings. The maximum absolute atomic E-state index is 12.3. The number of carboxylic acids is 1. The zero-order chi connectivity index (χ0) is 15.8. The number of aromatic carboxylic acids is 1. The van der Waals surface area contributed by atoms with Crippen molar-refractivity contribution < 1.29 is 22.7 Å². The molecule has 2 rings (SSSR count). The quantitative estimate of drug-likeness (QED) is 0.827. The monoisotopic (exact) mass is 393 g/mol. The summed E-state index contributed by atoms with van der Waals surface area (Å²) in [5.74, 6) is -1.85. The van der Waals surface area contributed by atoms with E-state index >= 15 is 0 Å². The number of benzene rings is 1. The third-order valence-electron chi connectivity index (χ3n) is 2.60. The van der Waals surface area contributed by atoms with E-state index in [1.54, 1.807) is 19.1 Å². The van der Waals surface area contributed by atoms with E-state index in [1.807, 2.05) is 0 Å². The third-order valence-corrected chi connectivity index (χ3v) is 5.06. The van der Waals surface area contributed by atoms with Crippen LogP contribution in [0.1, 0.15) is 16.1 Å². The highest BCUT2D eigenvalue weighted by atomic mass is 79.9. The number of hydrogen-bond donors (Lipinski definition) is 2. The van der Waals surface area contributed by atoms with Gasteiger partial charge in [0.25, 0.3) is 10.0 Å². The van der Waals surface area contributed by atoms with Gasteiger partial charge in [0.05, 0.1) is 5.69 Å². The number of nitrogens with one attached hydrogen (secondary N) is 1. The first-order valence-corrected chi connectivity index (χ1v) is 8.18. The molecule has 0 bridgehead atoms. The van der Waals surface area contributed by atoms with Crippen LogP contribution in [-0.4, -0.2) is 19.5 Å². The van der Waals surface area contributed by atoms with Crippen molar-refractivity contribution >= 4 is 49.2 Å². The normalized spacial score (nSPS) is 11.4. The third kappa shape index (κ3) is 3.39. The Bertz CT molecular complexity index is 815. The molecule has 0 spiro atoms. The Kier molecular flexibility index (Phi) is 4.31. The van der Waals surface area contributed by atoms with Crippen LogP contribution in [0.15, 0.2) is 38.2 Å². The Morgan fingerprint density at radius 3 is 2.62 bits per heavy atom. The summed E-state index contributed by atoms with van der Waals surface area (Å²) >= 11 is 8.72. The molecule has 0 radical (unpaired) electrons. The fourth-order valence-corrected chi connectivity index (χ4v) is 3.78. The number of sulfonamides is 1. The second-order valence-electron chi connectivity index (χ2n) is 4.12. The average molecular weight is 395 g/mol. The summed E-state index contributed by atoms with van der Waals surface area (Å²) in [7, 11) is -4.01. The van der Waals surface area contributed by atoms with Gasteiger partial charge in [-0.25, -0.2) is 13.2 Å². The van der Waals surface area contributed by atoms with Crippen molar-refractivity contribution in [2.24, 2.45) is 0 Å². The lowest BCUT2D eigenvalue weighted by Gasteiger charge is -2.09. The maximum atomic E-state index is 12.3. The van der Waals surface area contributed by atoms with Crippen LogP contribution in [0.5, 0.6) is 0 Å². The van der Waals surface area contributed by atoms with Gasteiger partial charge in [-0.05, 0) is 40.5 Å². The summed E-state index contributed by atoms with van der Waals surface area (Å²) < 4.78 is 31.5. The van der Waals surface area contributed by atoms with Gasteiger partial charge >= 0.3 is 5.97 Å². The highest BCUT2D eigenvalue weighted by Crippen LogP contribution is 2.29. The number of furan rings is 1. The zero-order valence-corrected chi connectivity index (χ0v) is 13.7. The lowest BCUT2D eigenvalue weighted by molar-refractivity contribution is 0.0661. The van der Waals surface area contributed by atoms with Crippen LogP contribution >= 0.6 is 27.5 Å². The van der Waals surface area contributed by atoms with Crippen LogP contribution in [0.25, 0.3) is 0 Å².